The Morgan fingerprint density at radius 3 is 2.14 bits per heavy atom. The van der Waals surface area contributed by atoms with Crippen LogP contribution in [0.4, 0.5) is 0 Å². The monoisotopic (exact) mass is 496 g/mol. The van der Waals surface area contributed by atoms with Crippen molar-refractivity contribution in [3.8, 4) is 0 Å². The van der Waals surface area contributed by atoms with E-state index in [0.29, 0.717) is 0 Å². The van der Waals surface area contributed by atoms with Gasteiger partial charge in [0, 0.05) is 37.5 Å². The molecule has 5 atom stereocenters. The minimum Gasteiger partial charge on any atom is -0.455 e. The lowest BCUT2D eigenvalue weighted by atomic mass is 9.71. The topological polar surface area (TPSA) is 187 Å². The molecule has 0 saturated heterocycles. The third-order valence-corrected chi connectivity index (χ3v) is 6.33. The van der Waals surface area contributed by atoms with E-state index in [-0.39, 0.29) is 22.3 Å². The highest BCUT2D eigenvalue weighted by molar-refractivity contribution is 6.43. The lowest BCUT2D eigenvalue weighted by Crippen LogP contribution is -2.63. The quantitative estimate of drug-likeness (QED) is 0.178. The molecule has 0 fully saturated rings. The van der Waals surface area contributed by atoms with E-state index in [2.05, 4.69) is 4.79 Å². The van der Waals surface area contributed by atoms with Crippen LogP contribution in [0.15, 0.2) is 46.1 Å². The maximum Gasteiger partial charge on any atom is 0.334 e. The van der Waals surface area contributed by atoms with Crippen LogP contribution in [0.3, 0.4) is 0 Å². The number of carbonyl (C=O) groups is 6. The molecule has 0 amide bonds. The van der Waals surface area contributed by atoms with E-state index in [4.69, 9.17) is 14.2 Å². The first-order valence-electron chi connectivity index (χ1n) is 10.8. The fourth-order valence-corrected chi connectivity index (χ4v) is 5.05. The molecule has 12 nitrogen and oxygen atoms in total. The van der Waals surface area contributed by atoms with Gasteiger partial charge in [-0.15, -0.1) is 0 Å². The average molecular weight is 496 g/mol. The maximum absolute atomic E-state index is 13.6. The number of carbonyl (C=O) groups excluding carboxylic acids is 6. The van der Waals surface area contributed by atoms with Gasteiger partial charge in [0.1, 0.15) is 17.1 Å². The van der Waals surface area contributed by atoms with Crippen molar-refractivity contribution in [2.75, 3.05) is 0 Å². The fourth-order valence-electron chi connectivity index (χ4n) is 5.05. The molecule has 0 radical (unpaired) electrons. The Balaban J connectivity index is 2.08. The number of nitrogens with zero attached hydrogens (tertiary/aromatic N) is 2. The van der Waals surface area contributed by atoms with Gasteiger partial charge in [-0.3, -0.25) is 28.8 Å². The molecule has 1 unspecified atom stereocenters. The zero-order valence-corrected chi connectivity index (χ0v) is 19.6. The molecule has 0 spiro atoms. The van der Waals surface area contributed by atoms with Gasteiger partial charge in [-0.05, 0) is 13.0 Å². The van der Waals surface area contributed by atoms with Gasteiger partial charge in [0.2, 0.25) is 0 Å². The molecule has 0 heterocycles. The first-order valence-corrected chi connectivity index (χ1v) is 10.8. The zero-order chi connectivity index (χ0) is 26.7. The van der Waals surface area contributed by atoms with Crippen molar-refractivity contribution in [3.63, 3.8) is 0 Å². The number of ketones is 3. The molecule has 0 aromatic heterocycles. The van der Waals surface area contributed by atoms with Crippen LogP contribution >= 0.6 is 0 Å². The number of Topliss-reactive ketones (excluding diaryl/α,β-unsaturated/α-hetero) is 2. The zero-order valence-electron chi connectivity index (χ0n) is 19.6. The van der Waals surface area contributed by atoms with E-state index >= 15 is 0 Å². The Bertz CT molecular complexity index is 1350. The molecular formula is C24H20N2O10. The lowest BCUT2D eigenvalue weighted by Gasteiger charge is -2.45. The molecule has 0 aromatic rings. The summed E-state index contributed by atoms with van der Waals surface area (Å²) >= 11 is 0. The number of aliphatic hydroxyl groups is 1. The summed E-state index contributed by atoms with van der Waals surface area (Å²) in [5, 5.41) is 11.5. The number of allylic oxidation sites excluding steroid dienone is 5. The highest BCUT2D eigenvalue weighted by atomic mass is 16.6. The number of ether oxygens (including phenoxy) is 3. The molecule has 186 valence electrons. The van der Waals surface area contributed by atoms with Gasteiger partial charge in [-0.2, -0.15) is 4.79 Å². The normalized spacial score (nSPS) is 30.8. The summed E-state index contributed by atoms with van der Waals surface area (Å²) in [5.41, 5.74) is 5.57. The number of hydrogen-bond donors (Lipinski definition) is 1. The van der Waals surface area contributed by atoms with Crippen LogP contribution in [-0.2, 0) is 43.0 Å². The van der Waals surface area contributed by atoms with Crippen molar-refractivity contribution in [3.05, 3.63) is 51.6 Å². The van der Waals surface area contributed by atoms with Gasteiger partial charge in [0.15, 0.2) is 35.7 Å². The fraction of sp³-hybridized carbons (Fsp3) is 0.375. The Hall–Kier alpha value is -4.28. The van der Waals surface area contributed by atoms with Crippen molar-refractivity contribution >= 4 is 41.0 Å². The van der Waals surface area contributed by atoms with Crippen molar-refractivity contribution < 1.29 is 52.9 Å². The average Bonchev–Trinajstić information content (AvgIpc) is 3.12. The second kappa shape index (κ2) is 8.43. The summed E-state index contributed by atoms with van der Waals surface area (Å²) in [6.45, 7) is 4.20. The largest absolute Gasteiger partial charge is 0.455 e. The molecule has 4 rings (SSSR count). The SMILES string of the molecule is CC(=O)O[C@@H]1C2=C(C3=C(C(=O)C4C(=O)C=CC=C4C3=O)C2=[N+]=[N-])[C@H](OC(C)=O)[C@@H](OC(C)=O)[C@]1(C)O. The highest BCUT2D eigenvalue weighted by Gasteiger charge is 2.65. The number of hydrogen-bond acceptors (Lipinski definition) is 10. The summed E-state index contributed by atoms with van der Waals surface area (Å²) in [6, 6.07) is 0. The number of esters is 3. The maximum atomic E-state index is 13.6. The Morgan fingerprint density at radius 2 is 1.58 bits per heavy atom. The third-order valence-electron chi connectivity index (χ3n) is 6.33. The van der Waals surface area contributed by atoms with Crippen molar-refractivity contribution in [1.82, 2.24) is 0 Å². The molecule has 0 aromatic carbocycles. The van der Waals surface area contributed by atoms with E-state index in [0.717, 1.165) is 33.8 Å². The van der Waals surface area contributed by atoms with Crippen molar-refractivity contribution in [2.45, 2.75) is 51.6 Å². The van der Waals surface area contributed by atoms with Crippen LogP contribution in [0.5, 0.6) is 0 Å². The minimum absolute atomic E-state index is 0.163. The van der Waals surface area contributed by atoms with Crippen molar-refractivity contribution in [2.24, 2.45) is 5.92 Å². The van der Waals surface area contributed by atoms with E-state index in [1.54, 1.807) is 0 Å². The van der Waals surface area contributed by atoms with E-state index in [9.17, 15) is 39.4 Å². The summed E-state index contributed by atoms with van der Waals surface area (Å²) in [7, 11) is 0. The highest BCUT2D eigenvalue weighted by Crippen LogP contribution is 2.50. The first kappa shape index (κ1) is 24.8. The van der Waals surface area contributed by atoms with Gasteiger partial charge in [0.25, 0.3) is 0 Å². The van der Waals surface area contributed by atoms with E-state index in [1.165, 1.54) is 12.2 Å². The Morgan fingerprint density at radius 1 is 0.972 bits per heavy atom. The van der Waals surface area contributed by atoms with E-state index < -0.39 is 76.4 Å². The molecule has 0 saturated carbocycles. The predicted octanol–water partition coefficient (Wildman–Crippen LogP) is -0.343. The van der Waals surface area contributed by atoms with Gasteiger partial charge < -0.3 is 24.8 Å². The summed E-state index contributed by atoms with van der Waals surface area (Å²) in [6.07, 6.45) is -1.41. The Labute approximate surface area is 203 Å². The molecule has 12 heteroatoms. The molecule has 0 bridgehead atoms. The van der Waals surface area contributed by atoms with Crippen molar-refractivity contribution in [1.29, 1.82) is 0 Å². The number of rotatable bonds is 3. The Kier molecular flexibility index (Phi) is 5.82. The molecular weight excluding hydrogens is 476 g/mol. The van der Waals surface area contributed by atoms with Gasteiger partial charge >= 0.3 is 23.6 Å². The van der Waals surface area contributed by atoms with Gasteiger partial charge in [-0.1, -0.05) is 12.2 Å². The van der Waals surface area contributed by atoms with Crippen LogP contribution in [0, 0.1) is 5.92 Å². The van der Waals surface area contributed by atoms with Crippen LogP contribution in [0.25, 0.3) is 5.53 Å². The summed E-state index contributed by atoms with van der Waals surface area (Å²) < 4.78 is 16.0. The molecule has 36 heavy (non-hydrogen) atoms. The second-order valence-electron chi connectivity index (χ2n) is 8.81. The second-order valence-corrected chi connectivity index (χ2v) is 8.81. The minimum atomic E-state index is -2.30. The predicted molar refractivity (Wildman–Crippen MR) is 116 cm³/mol. The van der Waals surface area contributed by atoms with Crippen LogP contribution in [-0.4, -0.2) is 74.8 Å². The van der Waals surface area contributed by atoms with Crippen LogP contribution in [0.1, 0.15) is 27.7 Å². The third kappa shape index (κ3) is 3.50. The number of fused-ring (bicyclic) bond motifs is 2. The van der Waals surface area contributed by atoms with Gasteiger partial charge in [-0.25, -0.2) is 0 Å². The lowest BCUT2D eigenvalue weighted by molar-refractivity contribution is -0.207. The van der Waals surface area contributed by atoms with E-state index in [1.807, 2.05) is 0 Å². The van der Waals surface area contributed by atoms with Gasteiger partial charge in [0.05, 0.1) is 5.57 Å². The van der Waals surface area contributed by atoms with Crippen LogP contribution in [0.2, 0.25) is 0 Å². The molecule has 0 aliphatic heterocycles. The molecule has 4 aliphatic carbocycles. The summed E-state index contributed by atoms with van der Waals surface area (Å²) in [5.74, 6) is -6.55. The molecule has 4 aliphatic rings. The smallest absolute Gasteiger partial charge is 0.334 e. The first-order chi connectivity index (χ1) is 16.8. The molecule has 1 N–H and O–H groups in total. The summed E-state index contributed by atoms with van der Waals surface area (Å²) in [4.78, 5) is 78.8. The van der Waals surface area contributed by atoms with Crippen LogP contribution < -0.4 is 0 Å². The standard InChI is InChI=1S/C24H20N2O10/c1-8(27)34-21-15-14-16(20(32)13-11(19(14)31)6-5-7-12(13)30)18(26-25)17(15)22(35-9(2)28)24(4,33)23(21)36-10(3)29/h5-7,13,21-23,33H,1-4H3/t13?,21-,22+,23+,24+/m0/s1.